The summed E-state index contributed by atoms with van der Waals surface area (Å²) in [7, 11) is 0. The van der Waals surface area contributed by atoms with Gasteiger partial charge in [-0.05, 0) is 50.5 Å². The molecule has 1 aromatic rings. The van der Waals surface area contributed by atoms with Crippen molar-refractivity contribution in [2.24, 2.45) is 11.7 Å². The third-order valence-corrected chi connectivity index (χ3v) is 5.66. The summed E-state index contributed by atoms with van der Waals surface area (Å²) >= 11 is 0. The molecule has 0 aromatic heterocycles. The van der Waals surface area contributed by atoms with E-state index in [1.807, 2.05) is 12.1 Å². The van der Waals surface area contributed by atoms with E-state index in [-0.39, 0.29) is 31.3 Å². The van der Waals surface area contributed by atoms with Crippen LogP contribution in [0.5, 0.6) is 5.75 Å². The Kier molecular flexibility index (Phi) is 11.7. The maximum atomic E-state index is 12.9. The Balaban J connectivity index is 1.87. The lowest BCUT2D eigenvalue weighted by Gasteiger charge is -2.34. The molecule has 2 amide bonds. The van der Waals surface area contributed by atoms with E-state index in [0.717, 1.165) is 37.7 Å². The predicted octanol–water partition coefficient (Wildman–Crippen LogP) is 3.71. The highest BCUT2D eigenvalue weighted by Gasteiger charge is 2.33. The summed E-state index contributed by atoms with van der Waals surface area (Å²) in [6, 6.07) is 6.59. The Bertz CT molecular complexity index is 806. The van der Waals surface area contributed by atoms with E-state index in [9.17, 15) is 14.4 Å². The van der Waals surface area contributed by atoms with E-state index < -0.39 is 12.0 Å². The van der Waals surface area contributed by atoms with Crippen LogP contribution in [0.25, 0.3) is 0 Å². The van der Waals surface area contributed by atoms with Crippen LogP contribution in [0.15, 0.2) is 36.4 Å². The fourth-order valence-electron chi connectivity index (χ4n) is 3.87. The lowest BCUT2D eigenvalue weighted by Crippen LogP contribution is -2.49. The van der Waals surface area contributed by atoms with Gasteiger partial charge in [0, 0.05) is 38.0 Å². The van der Waals surface area contributed by atoms with Gasteiger partial charge >= 0.3 is 5.97 Å². The number of ether oxygens (including phenoxy) is 1. The van der Waals surface area contributed by atoms with Gasteiger partial charge in [0.05, 0.1) is 0 Å². The molecule has 2 rings (SSSR count). The molecule has 0 radical (unpaired) electrons. The minimum Gasteiger partial charge on any atom is -0.425 e. The molecule has 7 heteroatoms. The Labute approximate surface area is 197 Å². The quantitative estimate of drug-likeness (QED) is 0.216. The van der Waals surface area contributed by atoms with Gasteiger partial charge in [0.1, 0.15) is 11.8 Å². The third kappa shape index (κ3) is 9.38. The van der Waals surface area contributed by atoms with E-state index in [4.69, 9.17) is 10.5 Å². The van der Waals surface area contributed by atoms with Crippen molar-refractivity contribution in [2.75, 3.05) is 13.1 Å². The lowest BCUT2D eigenvalue weighted by atomic mass is 10.0. The lowest BCUT2D eigenvalue weighted by molar-refractivity contribution is -0.150. The number of nitrogens with one attached hydrogen (secondary N) is 1. The number of allylic oxidation sites excluding steroid dienone is 2. The van der Waals surface area contributed by atoms with Crippen LogP contribution in [0.1, 0.15) is 70.8 Å². The van der Waals surface area contributed by atoms with Crippen molar-refractivity contribution in [2.45, 2.75) is 77.8 Å². The Hall–Kier alpha value is -2.67. The van der Waals surface area contributed by atoms with Crippen molar-refractivity contribution in [3.05, 3.63) is 42.0 Å². The first kappa shape index (κ1) is 26.6. The smallest absolute Gasteiger partial charge is 0.334 e. The number of hydrogen-bond acceptors (Lipinski definition) is 5. The van der Waals surface area contributed by atoms with Gasteiger partial charge in [-0.2, -0.15) is 0 Å². The number of hydrogen-bond donors (Lipinski definition) is 2. The average molecular weight is 458 g/mol. The van der Waals surface area contributed by atoms with Gasteiger partial charge in [0.2, 0.25) is 11.8 Å². The van der Waals surface area contributed by atoms with Crippen LogP contribution < -0.4 is 15.8 Å². The minimum atomic E-state index is -0.592. The van der Waals surface area contributed by atoms with Gasteiger partial charge in [-0.25, -0.2) is 4.79 Å². The van der Waals surface area contributed by atoms with Gasteiger partial charge < -0.3 is 20.7 Å². The summed E-state index contributed by atoms with van der Waals surface area (Å²) in [5.41, 5.74) is 6.25. The minimum absolute atomic E-state index is 0.0187. The Morgan fingerprint density at radius 2 is 1.97 bits per heavy atom. The second kappa shape index (κ2) is 14.5. The molecule has 1 aliphatic rings. The summed E-state index contributed by atoms with van der Waals surface area (Å²) in [5.74, 6) is 0.399. The summed E-state index contributed by atoms with van der Waals surface area (Å²) in [4.78, 5) is 39.1. The van der Waals surface area contributed by atoms with Gasteiger partial charge in [-0.3, -0.25) is 9.59 Å². The molecule has 1 heterocycles. The first-order valence-corrected chi connectivity index (χ1v) is 12.1. The zero-order chi connectivity index (χ0) is 24.1. The third-order valence-electron chi connectivity index (χ3n) is 5.66. The predicted molar refractivity (Wildman–Crippen MR) is 129 cm³/mol. The molecule has 182 valence electrons. The van der Waals surface area contributed by atoms with E-state index in [1.54, 1.807) is 17.0 Å². The summed E-state index contributed by atoms with van der Waals surface area (Å²) in [6.45, 7) is 5.38. The number of nitrogens with two attached hydrogens (primary N) is 1. The molecule has 1 aromatic carbocycles. The maximum absolute atomic E-state index is 12.9. The van der Waals surface area contributed by atoms with Crippen LogP contribution >= 0.6 is 0 Å². The van der Waals surface area contributed by atoms with Crippen LogP contribution in [0.3, 0.4) is 0 Å². The zero-order valence-electron chi connectivity index (χ0n) is 20.1. The number of likely N-dealkylation sites (tertiary alicyclic amines) is 1. The van der Waals surface area contributed by atoms with Crippen molar-refractivity contribution in [3.8, 4) is 5.75 Å². The molecule has 0 bridgehead atoms. The summed E-state index contributed by atoms with van der Waals surface area (Å²) in [5, 5.41) is 2.92. The molecule has 7 nitrogen and oxygen atoms in total. The molecule has 0 spiro atoms. The summed E-state index contributed by atoms with van der Waals surface area (Å²) < 4.78 is 5.70. The van der Waals surface area contributed by atoms with Gasteiger partial charge in [0.15, 0.2) is 0 Å². The topological polar surface area (TPSA) is 102 Å². The molecule has 33 heavy (non-hydrogen) atoms. The van der Waals surface area contributed by atoms with Crippen molar-refractivity contribution < 1.29 is 19.1 Å². The highest BCUT2D eigenvalue weighted by Crippen LogP contribution is 2.23. The number of rotatable bonds is 12. The number of carbonyl (C=O) groups is 3. The standard InChI is InChI=1S/C26H39N3O4/c1-20(2)11-5-3-4-6-15-24(30)28-19-21-12-7-8-14-23(21)33-26(32)22-13-9-10-18-29(22)25(31)16-17-27/h5,7-8,11-12,14,20,22H,3-4,6,9-10,13,15-19,27H2,1-2H3,(H,28,30). The number of para-hydroxylation sites is 1. The van der Waals surface area contributed by atoms with Crippen LogP contribution in [0.4, 0.5) is 0 Å². The number of esters is 1. The Morgan fingerprint density at radius 3 is 2.73 bits per heavy atom. The van der Waals surface area contributed by atoms with E-state index >= 15 is 0 Å². The van der Waals surface area contributed by atoms with Crippen molar-refractivity contribution in [1.29, 1.82) is 0 Å². The van der Waals surface area contributed by atoms with Gasteiger partial charge in [-0.1, -0.05) is 44.2 Å². The molecule has 1 aliphatic heterocycles. The van der Waals surface area contributed by atoms with Crippen molar-refractivity contribution >= 4 is 17.8 Å². The highest BCUT2D eigenvalue weighted by molar-refractivity contribution is 5.86. The fourth-order valence-corrected chi connectivity index (χ4v) is 3.87. The molecule has 0 aliphatic carbocycles. The van der Waals surface area contributed by atoms with E-state index in [2.05, 4.69) is 31.3 Å². The van der Waals surface area contributed by atoms with Crippen LogP contribution in [0.2, 0.25) is 0 Å². The summed E-state index contributed by atoms with van der Waals surface area (Å²) in [6.07, 6.45) is 10.2. The molecule has 1 atom stereocenters. The first-order chi connectivity index (χ1) is 15.9. The molecule has 0 saturated carbocycles. The number of benzene rings is 1. The van der Waals surface area contributed by atoms with E-state index in [0.29, 0.717) is 31.1 Å². The van der Waals surface area contributed by atoms with Crippen molar-refractivity contribution in [1.82, 2.24) is 10.2 Å². The van der Waals surface area contributed by atoms with Crippen molar-refractivity contribution in [3.63, 3.8) is 0 Å². The fraction of sp³-hybridized carbons (Fsp3) is 0.577. The van der Waals surface area contributed by atoms with Gasteiger partial charge in [0.25, 0.3) is 0 Å². The monoisotopic (exact) mass is 457 g/mol. The van der Waals surface area contributed by atoms with Crippen LogP contribution in [-0.4, -0.2) is 41.8 Å². The van der Waals surface area contributed by atoms with Gasteiger partial charge in [-0.15, -0.1) is 0 Å². The van der Waals surface area contributed by atoms with Crippen LogP contribution in [0, 0.1) is 5.92 Å². The molecule has 1 fully saturated rings. The first-order valence-electron chi connectivity index (χ1n) is 12.1. The average Bonchev–Trinajstić information content (AvgIpc) is 2.80. The largest absolute Gasteiger partial charge is 0.425 e. The molecule has 1 saturated heterocycles. The highest BCUT2D eigenvalue weighted by atomic mass is 16.5. The SMILES string of the molecule is CC(C)C=CCCCCC(=O)NCc1ccccc1OC(=O)C1CCCCN1C(=O)CCN. The molecule has 3 N–H and O–H groups in total. The Morgan fingerprint density at radius 1 is 1.18 bits per heavy atom. The second-order valence-electron chi connectivity index (χ2n) is 8.86. The zero-order valence-corrected chi connectivity index (χ0v) is 20.1. The molecular formula is C26H39N3O4. The number of unbranched alkanes of at least 4 members (excludes halogenated alkanes) is 2. The number of carbonyl (C=O) groups excluding carboxylic acids is 3. The normalized spacial score (nSPS) is 16.2. The molecular weight excluding hydrogens is 418 g/mol. The number of nitrogens with zero attached hydrogens (tertiary/aromatic N) is 1. The number of piperidine rings is 1. The maximum Gasteiger partial charge on any atom is 0.334 e. The second-order valence-corrected chi connectivity index (χ2v) is 8.86. The van der Waals surface area contributed by atoms with Crippen LogP contribution in [-0.2, 0) is 20.9 Å². The molecule has 1 unspecified atom stereocenters. The van der Waals surface area contributed by atoms with E-state index in [1.165, 1.54) is 0 Å². The number of amides is 2.